The summed E-state index contributed by atoms with van der Waals surface area (Å²) in [7, 11) is 0. The number of anilines is 1. The molecule has 34 heavy (non-hydrogen) atoms. The third-order valence-corrected chi connectivity index (χ3v) is 8.48. The number of benzene rings is 2. The summed E-state index contributed by atoms with van der Waals surface area (Å²) in [6, 6.07) is 11.3. The predicted molar refractivity (Wildman–Crippen MR) is 139 cm³/mol. The lowest BCUT2D eigenvalue weighted by molar-refractivity contribution is -0.127. The Morgan fingerprint density at radius 2 is 1.82 bits per heavy atom. The number of fused-ring (bicyclic) bond motifs is 1. The van der Waals surface area contributed by atoms with Crippen LogP contribution in [0.15, 0.2) is 40.8 Å². The van der Waals surface area contributed by atoms with Gasteiger partial charge in [-0.05, 0) is 117 Å². The van der Waals surface area contributed by atoms with Crippen molar-refractivity contribution in [3.05, 3.63) is 47.0 Å². The molecular weight excluding hydrogens is 466 g/mol. The Morgan fingerprint density at radius 1 is 1.12 bits per heavy atom. The number of thiocarbonyl (C=S) groups is 1. The van der Waals surface area contributed by atoms with Crippen LogP contribution in [0.3, 0.4) is 0 Å². The predicted octanol–water partition coefficient (Wildman–Crippen LogP) is 6.88. The van der Waals surface area contributed by atoms with Gasteiger partial charge in [0, 0.05) is 22.7 Å². The Morgan fingerprint density at radius 3 is 2.53 bits per heavy atom. The smallest absolute Gasteiger partial charge is 0.227 e. The molecule has 5 nitrogen and oxygen atoms in total. The summed E-state index contributed by atoms with van der Waals surface area (Å²) < 4.78 is 5.91. The topological polar surface area (TPSA) is 67.2 Å². The van der Waals surface area contributed by atoms with Crippen molar-refractivity contribution < 1.29 is 9.21 Å². The maximum Gasteiger partial charge on any atom is 0.227 e. The van der Waals surface area contributed by atoms with Crippen LogP contribution in [-0.2, 0) is 4.79 Å². The van der Waals surface area contributed by atoms with Gasteiger partial charge in [-0.2, -0.15) is 0 Å². The van der Waals surface area contributed by atoms with E-state index in [2.05, 4.69) is 15.6 Å². The fourth-order valence-corrected chi connectivity index (χ4v) is 7.48. The molecule has 0 saturated heterocycles. The quantitative estimate of drug-likeness (QED) is 0.388. The van der Waals surface area contributed by atoms with Crippen LogP contribution in [0, 0.1) is 30.1 Å². The number of rotatable bonds is 4. The average molecular weight is 494 g/mol. The monoisotopic (exact) mass is 493 g/mol. The van der Waals surface area contributed by atoms with Crippen molar-refractivity contribution in [2.24, 2.45) is 23.2 Å². The first kappa shape index (κ1) is 22.1. The fourth-order valence-electron chi connectivity index (χ4n) is 7.09. The molecule has 1 heterocycles. The fraction of sp³-hybridized carbons (Fsp3) is 0.444. The minimum Gasteiger partial charge on any atom is -0.436 e. The summed E-state index contributed by atoms with van der Waals surface area (Å²) in [6.07, 6.45) is 8.36. The molecule has 0 aliphatic heterocycles. The first-order valence-electron chi connectivity index (χ1n) is 12.1. The minimum atomic E-state index is 0.0316. The van der Waals surface area contributed by atoms with Crippen LogP contribution in [-0.4, -0.2) is 16.0 Å². The van der Waals surface area contributed by atoms with Gasteiger partial charge in [0.25, 0.3) is 0 Å². The molecule has 0 radical (unpaired) electrons. The van der Waals surface area contributed by atoms with E-state index in [1.165, 1.54) is 38.5 Å². The van der Waals surface area contributed by atoms with Crippen LogP contribution in [0.25, 0.3) is 22.6 Å². The third kappa shape index (κ3) is 4.22. The van der Waals surface area contributed by atoms with Gasteiger partial charge < -0.3 is 15.1 Å². The highest BCUT2D eigenvalue weighted by Gasteiger charge is 2.51. The van der Waals surface area contributed by atoms with Gasteiger partial charge in [0.1, 0.15) is 5.52 Å². The Labute approximate surface area is 209 Å². The highest BCUT2D eigenvalue weighted by Crippen LogP contribution is 2.61. The van der Waals surface area contributed by atoms with Crippen molar-refractivity contribution in [1.82, 2.24) is 10.3 Å². The summed E-state index contributed by atoms with van der Waals surface area (Å²) in [5.74, 6) is 3.04. The average Bonchev–Trinajstić information content (AvgIpc) is 3.17. The van der Waals surface area contributed by atoms with Gasteiger partial charge in [-0.15, -0.1) is 0 Å². The van der Waals surface area contributed by atoms with Gasteiger partial charge in [0.05, 0.1) is 0 Å². The molecule has 7 rings (SSSR count). The van der Waals surface area contributed by atoms with Crippen LogP contribution < -0.4 is 10.6 Å². The normalized spacial score (nSPS) is 27.2. The van der Waals surface area contributed by atoms with Gasteiger partial charge in [0.15, 0.2) is 10.7 Å². The Kier molecular flexibility index (Phi) is 5.41. The lowest BCUT2D eigenvalue weighted by atomic mass is 9.49. The Hall–Kier alpha value is -2.44. The minimum absolute atomic E-state index is 0.0316. The summed E-state index contributed by atoms with van der Waals surface area (Å²) in [6.45, 7) is 2.00. The second-order valence-electron chi connectivity index (χ2n) is 10.8. The molecule has 0 atom stereocenters. The number of hydrogen-bond donors (Lipinski definition) is 2. The van der Waals surface area contributed by atoms with Crippen molar-refractivity contribution in [3.8, 4) is 11.5 Å². The summed E-state index contributed by atoms with van der Waals surface area (Å²) in [5, 5.41) is 7.11. The van der Waals surface area contributed by atoms with E-state index in [4.69, 9.17) is 28.2 Å². The molecule has 176 valence electrons. The number of carbonyl (C=O) groups excluding carboxylic acids is 1. The third-order valence-electron chi connectivity index (χ3n) is 8.04. The number of aryl methyl sites for hydroxylation is 1. The van der Waals surface area contributed by atoms with Crippen molar-refractivity contribution in [2.75, 3.05) is 5.32 Å². The SMILES string of the molecule is Cc1ccc(-c2nc3cc(Cl)ccc3o2)cc1NC(=S)NC(=O)CC12CC3CC(CC(C3)C1)C2. The number of aromatic nitrogens is 1. The second kappa shape index (κ2) is 8.35. The van der Waals surface area contributed by atoms with E-state index >= 15 is 0 Å². The number of carbonyl (C=O) groups is 1. The van der Waals surface area contributed by atoms with Gasteiger partial charge >= 0.3 is 0 Å². The number of halogens is 1. The van der Waals surface area contributed by atoms with Gasteiger partial charge in [-0.1, -0.05) is 17.7 Å². The zero-order chi connectivity index (χ0) is 23.4. The first-order valence-corrected chi connectivity index (χ1v) is 12.9. The molecule has 7 heteroatoms. The van der Waals surface area contributed by atoms with Crippen LogP contribution in [0.5, 0.6) is 0 Å². The molecular formula is C27H28ClN3O2S. The van der Waals surface area contributed by atoms with Gasteiger partial charge in [-0.25, -0.2) is 4.98 Å². The van der Waals surface area contributed by atoms with E-state index < -0.39 is 0 Å². The summed E-state index contributed by atoms with van der Waals surface area (Å²) in [4.78, 5) is 17.5. The second-order valence-corrected chi connectivity index (χ2v) is 11.6. The van der Waals surface area contributed by atoms with E-state index in [0.717, 1.165) is 34.6 Å². The molecule has 2 aromatic carbocycles. The van der Waals surface area contributed by atoms with Crippen molar-refractivity contribution in [3.63, 3.8) is 0 Å². The van der Waals surface area contributed by atoms with Crippen molar-refractivity contribution in [1.29, 1.82) is 0 Å². The Balaban J connectivity index is 1.13. The van der Waals surface area contributed by atoms with E-state index in [9.17, 15) is 4.79 Å². The number of oxazole rings is 1. The highest BCUT2D eigenvalue weighted by atomic mass is 35.5. The first-order chi connectivity index (χ1) is 16.3. The number of amides is 1. The molecule has 4 aliphatic rings. The number of nitrogens with one attached hydrogen (secondary N) is 2. The summed E-state index contributed by atoms with van der Waals surface area (Å²) >= 11 is 11.6. The maximum absolute atomic E-state index is 13.0. The molecule has 3 aromatic rings. The van der Waals surface area contributed by atoms with Crippen molar-refractivity contribution >= 4 is 51.6 Å². The molecule has 4 fully saturated rings. The Bertz CT molecular complexity index is 1260. The maximum atomic E-state index is 13.0. The van der Waals surface area contributed by atoms with E-state index in [0.29, 0.717) is 33.5 Å². The zero-order valence-corrected chi connectivity index (χ0v) is 20.8. The molecule has 4 saturated carbocycles. The molecule has 1 amide bonds. The standard InChI is InChI=1S/C27H28ClN3O2S/c1-15-2-3-19(25-29-22-10-20(28)4-5-23(22)33-25)9-21(15)30-26(34)31-24(32)14-27-11-16-6-17(12-27)8-18(7-16)13-27/h2-5,9-10,16-18H,6-8,11-14H2,1H3,(H2,30,31,32,34). The number of hydrogen-bond acceptors (Lipinski definition) is 4. The molecule has 4 bridgehead atoms. The summed E-state index contributed by atoms with van der Waals surface area (Å²) in [5.41, 5.74) is 4.24. The van der Waals surface area contributed by atoms with Gasteiger partial charge in [-0.3, -0.25) is 4.79 Å². The van der Waals surface area contributed by atoms with Gasteiger partial charge in [0.2, 0.25) is 11.8 Å². The van der Waals surface area contributed by atoms with Crippen LogP contribution in [0.4, 0.5) is 5.69 Å². The molecule has 4 aliphatic carbocycles. The largest absolute Gasteiger partial charge is 0.436 e. The number of nitrogens with zero attached hydrogens (tertiary/aromatic N) is 1. The highest BCUT2D eigenvalue weighted by molar-refractivity contribution is 7.80. The molecule has 2 N–H and O–H groups in total. The van der Waals surface area contributed by atoms with E-state index in [1.807, 2.05) is 31.2 Å². The van der Waals surface area contributed by atoms with E-state index in [1.54, 1.807) is 12.1 Å². The molecule has 1 aromatic heterocycles. The molecule has 0 spiro atoms. The molecule has 0 unspecified atom stereocenters. The van der Waals surface area contributed by atoms with E-state index in [-0.39, 0.29) is 11.3 Å². The lowest BCUT2D eigenvalue weighted by Gasteiger charge is -2.56. The lowest BCUT2D eigenvalue weighted by Crippen LogP contribution is -2.48. The zero-order valence-electron chi connectivity index (χ0n) is 19.2. The van der Waals surface area contributed by atoms with Crippen LogP contribution >= 0.6 is 23.8 Å². The van der Waals surface area contributed by atoms with Crippen LogP contribution in [0.2, 0.25) is 5.02 Å². The van der Waals surface area contributed by atoms with Crippen molar-refractivity contribution in [2.45, 2.75) is 51.9 Å². The van der Waals surface area contributed by atoms with Crippen LogP contribution in [0.1, 0.15) is 50.5 Å².